The molecule has 1 aliphatic rings. The fourth-order valence-electron chi connectivity index (χ4n) is 3.09. The third-order valence-corrected chi connectivity index (χ3v) is 4.17. The molecule has 1 aromatic rings. The summed E-state index contributed by atoms with van der Waals surface area (Å²) in [7, 11) is 0. The van der Waals surface area contributed by atoms with E-state index < -0.39 is 0 Å². The van der Waals surface area contributed by atoms with Crippen molar-refractivity contribution in [1.82, 2.24) is 0 Å². The van der Waals surface area contributed by atoms with Gasteiger partial charge in [-0.3, -0.25) is 0 Å². The highest BCUT2D eigenvalue weighted by molar-refractivity contribution is 5.25. The van der Waals surface area contributed by atoms with Gasteiger partial charge in [-0.25, -0.2) is 0 Å². The SMILES string of the molecule is CC(C)=CCC1(N)CCCCC1c1ccccc1. The van der Waals surface area contributed by atoms with E-state index in [1.165, 1.54) is 30.4 Å². The molecule has 0 radical (unpaired) electrons. The van der Waals surface area contributed by atoms with Crippen molar-refractivity contribution in [1.29, 1.82) is 0 Å². The lowest BCUT2D eigenvalue weighted by Gasteiger charge is -2.41. The van der Waals surface area contributed by atoms with Gasteiger partial charge in [-0.15, -0.1) is 0 Å². The van der Waals surface area contributed by atoms with Crippen LogP contribution in [0.4, 0.5) is 0 Å². The zero-order chi connectivity index (χ0) is 13.0. The zero-order valence-corrected chi connectivity index (χ0v) is 11.7. The Balaban J connectivity index is 2.23. The summed E-state index contributed by atoms with van der Waals surface area (Å²) in [5.41, 5.74) is 9.49. The molecule has 1 nitrogen and oxygen atoms in total. The molecule has 1 fully saturated rings. The summed E-state index contributed by atoms with van der Waals surface area (Å²) in [5, 5.41) is 0. The molecule has 0 spiro atoms. The molecule has 2 rings (SSSR count). The summed E-state index contributed by atoms with van der Waals surface area (Å²) >= 11 is 0. The first-order valence-corrected chi connectivity index (χ1v) is 7.09. The molecule has 0 heterocycles. The smallest absolute Gasteiger partial charge is 0.0258 e. The summed E-state index contributed by atoms with van der Waals surface area (Å²) in [6.07, 6.45) is 8.29. The van der Waals surface area contributed by atoms with Crippen LogP contribution in [0.15, 0.2) is 42.0 Å². The second-order valence-electron chi connectivity index (χ2n) is 5.93. The Morgan fingerprint density at radius 2 is 2.00 bits per heavy atom. The van der Waals surface area contributed by atoms with Crippen LogP contribution in [0.5, 0.6) is 0 Å². The molecule has 98 valence electrons. The largest absolute Gasteiger partial charge is 0.324 e. The number of allylic oxidation sites excluding steroid dienone is 1. The van der Waals surface area contributed by atoms with E-state index in [1.807, 2.05) is 0 Å². The minimum absolute atomic E-state index is 0.0448. The minimum atomic E-state index is -0.0448. The van der Waals surface area contributed by atoms with E-state index in [1.54, 1.807) is 0 Å². The van der Waals surface area contributed by atoms with Crippen LogP contribution in [-0.2, 0) is 0 Å². The van der Waals surface area contributed by atoms with Crippen LogP contribution in [0.1, 0.15) is 57.4 Å². The summed E-state index contributed by atoms with van der Waals surface area (Å²) < 4.78 is 0. The molecule has 2 N–H and O–H groups in total. The molecule has 0 aliphatic heterocycles. The molecule has 0 bridgehead atoms. The number of rotatable bonds is 3. The van der Waals surface area contributed by atoms with Gasteiger partial charge in [-0.05, 0) is 38.7 Å². The van der Waals surface area contributed by atoms with Gasteiger partial charge in [0.05, 0.1) is 0 Å². The number of hydrogen-bond acceptors (Lipinski definition) is 1. The second kappa shape index (κ2) is 5.71. The number of nitrogens with two attached hydrogens (primary N) is 1. The molecule has 0 saturated heterocycles. The number of hydrogen-bond donors (Lipinski definition) is 1. The van der Waals surface area contributed by atoms with E-state index in [0.29, 0.717) is 5.92 Å². The van der Waals surface area contributed by atoms with Crippen LogP contribution in [0.3, 0.4) is 0 Å². The number of benzene rings is 1. The van der Waals surface area contributed by atoms with Crippen molar-refractivity contribution in [3.05, 3.63) is 47.5 Å². The van der Waals surface area contributed by atoms with Gasteiger partial charge in [0, 0.05) is 11.5 Å². The molecule has 1 heteroatoms. The molecule has 18 heavy (non-hydrogen) atoms. The summed E-state index contributed by atoms with van der Waals surface area (Å²) in [5.74, 6) is 0.517. The molecule has 2 atom stereocenters. The molecular formula is C17H25N. The standard InChI is InChI=1S/C17H25N/c1-14(2)11-13-17(18)12-7-6-10-16(17)15-8-4-3-5-9-15/h3-5,8-9,11,16H,6-7,10,12-13,18H2,1-2H3. The van der Waals surface area contributed by atoms with E-state index in [2.05, 4.69) is 50.3 Å². The van der Waals surface area contributed by atoms with Crippen molar-refractivity contribution < 1.29 is 0 Å². The van der Waals surface area contributed by atoms with Crippen LogP contribution < -0.4 is 5.73 Å². The fourth-order valence-corrected chi connectivity index (χ4v) is 3.09. The van der Waals surface area contributed by atoms with Gasteiger partial charge in [-0.1, -0.05) is 54.8 Å². The van der Waals surface area contributed by atoms with Crippen LogP contribution in [0.2, 0.25) is 0 Å². The topological polar surface area (TPSA) is 26.0 Å². The molecule has 2 unspecified atom stereocenters. The quantitative estimate of drug-likeness (QED) is 0.782. The maximum absolute atomic E-state index is 6.74. The molecule has 0 amide bonds. The highest BCUT2D eigenvalue weighted by Gasteiger charge is 2.36. The van der Waals surface area contributed by atoms with E-state index in [4.69, 9.17) is 5.73 Å². The first-order valence-electron chi connectivity index (χ1n) is 7.09. The summed E-state index contributed by atoms with van der Waals surface area (Å²) in [4.78, 5) is 0. The predicted molar refractivity (Wildman–Crippen MR) is 78.6 cm³/mol. The Bertz CT molecular complexity index is 403. The van der Waals surface area contributed by atoms with Crippen LogP contribution >= 0.6 is 0 Å². The summed E-state index contributed by atoms with van der Waals surface area (Å²) in [6, 6.07) is 10.8. The zero-order valence-electron chi connectivity index (χ0n) is 11.7. The van der Waals surface area contributed by atoms with Gasteiger partial charge in [0.15, 0.2) is 0 Å². The lowest BCUT2D eigenvalue weighted by atomic mass is 9.68. The maximum Gasteiger partial charge on any atom is 0.0258 e. The fraction of sp³-hybridized carbons (Fsp3) is 0.529. The van der Waals surface area contributed by atoms with E-state index >= 15 is 0 Å². The first kappa shape index (κ1) is 13.4. The van der Waals surface area contributed by atoms with Gasteiger partial charge in [0.1, 0.15) is 0 Å². The van der Waals surface area contributed by atoms with Crippen molar-refractivity contribution in [3.8, 4) is 0 Å². The average Bonchev–Trinajstić information content (AvgIpc) is 2.38. The second-order valence-corrected chi connectivity index (χ2v) is 5.93. The lowest BCUT2D eigenvalue weighted by Crippen LogP contribution is -2.47. The van der Waals surface area contributed by atoms with Crippen molar-refractivity contribution in [2.45, 2.75) is 57.4 Å². The van der Waals surface area contributed by atoms with Crippen molar-refractivity contribution in [2.24, 2.45) is 5.73 Å². The van der Waals surface area contributed by atoms with Crippen molar-refractivity contribution >= 4 is 0 Å². The molecule has 1 saturated carbocycles. The molecule has 1 aliphatic carbocycles. The minimum Gasteiger partial charge on any atom is -0.324 e. The van der Waals surface area contributed by atoms with Gasteiger partial charge in [0.2, 0.25) is 0 Å². The van der Waals surface area contributed by atoms with Gasteiger partial charge < -0.3 is 5.73 Å². The lowest BCUT2D eigenvalue weighted by molar-refractivity contribution is 0.253. The van der Waals surface area contributed by atoms with Crippen molar-refractivity contribution in [3.63, 3.8) is 0 Å². The normalized spacial score (nSPS) is 27.8. The highest BCUT2D eigenvalue weighted by atomic mass is 14.8. The van der Waals surface area contributed by atoms with Gasteiger partial charge >= 0.3 is 0 Å². The Morgan fingerprint density at radius 1 is 1.28 bits per heavy atom. The summed E-state index contributed by atoms with van der Waals surface area (Å²) in [6.45, 7) is 4.31. The Kier molecular flexibility index (Phi) is 4.23. The van der Waals surface area contributed by atoms with Crippen LogP contribution in [0.25, 0.3) is 0 Å². The third kappa shape index (κ3) is 3.02. The van der Waals surface area contributed by atoms with Gasteiger partial charge in [-0.2, -0.15) is 0 Å². The average molecular weight is 243 g/mol. The Hall–Kier alpha value is -1.08. The first-order chi connectivity index (χ1) is 8.62. The maximum atomic E-state index is 6.74. The Labute approximate surface area is 111 Å². The Morgan fingerprint density at radius 3 is 2.67 bits per heavy atom. The van der Waals surface area contributed by atoms with Crippen molar-refractivity contribution in [2.75, 3.05) is 0 Å². The van der Waals surface area contributed by atoms with E-state index in [-0.39, 0.29) is 5.54 Å². The molecular weight excluding hydrogens is 218 g/mol. The molecule has 0 aromatic heterocycles. The van der Waals surface area contributed by atoms with E-state index in [9.17, 15) is 0 Å². The van der Waals surface area contributed by atoms with E-state index in [0.717, 1.165) is 12.8 Å². The monoisotopic (exact) mass is 243 g/mol. The third-order valence-electron chi connectivity index (χ3n) is 4.17. The van der Waals surface area contributed by atoms with Crippen LogP contribution in [0, 0.1) is 0 Å². The van der Waals surface area contributed by atoms with Gasteiger partial charge in [0.25, 0.3) is 0 Å². The highest BCUT2D eigenvalue weighted by Crippen LogP contribution is 2.41. The molecule has 1 aromatic carbocycles. The predicted octanol–water partition coefficient (Wildman–Crippen LogP) is 4.40. The van der Waals surface area contributed by atoms with Crippen LogP contribution in [-0.4, -0.2) is 5.54 Å².